The molecule has 1 aromatic heterocycles. The summed E-state index contributed by atoms with van der Waals surface area (Å²) in [6.45, 7) is 0. The number of carbonyl (C=O) groups is 1. The van der Waals surface area contributed by atoms with Gasteiger partial charge in [0.2, 0.25) is 0 Å². The summed E-state index contributed by atoms with van der Waals surface area (Å²) in [6.07, 6.45) is 0. The average molecular weight is 223 g/mol. The van der Waals surface area contributed by atoms with Gasteiger partial charge in [-0.05, 0) is 18.2 Å². The van der Waals surface area contributed by atoms with Crippen LogP contribution in [0.5, 0.6) is 5.75 Å². The van der Waals surface area contributed by atoms with Crippen molar-refractivity contribution in [2.75, 3.05) is 0 Å². The van der Waals surface area contributed by atoms with E-state index in [1.54, 1.807) is 12.1 Å². The number of hydrogen-bond acceptors (Lipinski definition) is 3. The number of phenols is 1. The van der Waals surface area contributed by atoms with E-state index in [2.05, 4.69) is 4.98 Å². The van der Waals surface area contributed by atoms with Crippen LogP contribution in [0.2, 0.25) is 5.15 Å². The number of aromatic nitrogens is 1. The molecule has 0 bridgehead atoms. The molecule has 0 aliphatic heterocycles. The van der Waals surface area contributed by atoms with Gasteiger partial charge in [-0.3, -0.25) is 4.79 Å². The molecule has 1 amide bonds. The molecular formula is C10H7ClN2O2. The van der Waals surface area contributed by atoms with Gasteiger partial charge in [0.25, 0.3) is 5.91 Å². The fourth-order valence-corrected chi connectivity index (χ4v) is 1.49. The highest BCUT2D eigenvalue weighted by atomic mass is 35.5. The quantitative estimate of drug-likeness (QED) is 0.721. The minimum Gasteiger partial charge on any atom is -0.507 e. The van der Waals surface area contributed by atoms with E-state index in [0.717, 1.165) is 0 Å². The van der Waals surface area contributed by atoms with E-state index in [1.807, 2.05) is 0 Å². The van der Waals surface area contributed by atoms with Crippen LogP contribution >= 0.6 is 11.6 Å². The molecule has 0 saturated heterocycles. The molecule has 3 N–H and O–H groups in total. The van der Waals surface area contributed by atoms with Crippen LogP contribution in [0.25, 0.3) is 10.9 Å². The number of nitrogens with two attached hydrogens (primary N) is 1. The topological polar surface area (TPSA) is 76.2 Å². The summed E-state index contributed by atoms with van der Waals surface area (Å²) < 4.78 is 0. The molecule has 0 fully saturated rings. The number of carbonyl (C=O) groups excluding carboxylic acids is 1. The van der Waals surface area contributed by atoms with Crippen molar-refractivity contribution in [3.05, 3.63) is 35.0 Å². The third kappa shape index (κ3) is 1.71. The smallest absolute Gasteiger partial charge is 0.252 e. The lowest BCUT2D eigenvalue weighted by Gasteiger charge is -2.03. The molecule has 0 unspecified atom stereocenters. The largest absolute Gasteiger partial charge is 0.507 e. The minimum atomic E-state index is -0.677. The maximum absolute atomic E-state index is 10.9. The van der Waals surface area contributed by atoms with Crippen molar-refractivity contribution < 1.29 is 9.90 Å². The molecule has 2 rings (SSSR count). The van der Waals surface area contributed by atoms with Crippen LogP contribution in [0.1, 0.15) is 10.4 Å². The highest BCUT2D eigenvalue weighted by Crippen LogP contribution is 2.24. The predicted molar refractivity (Wildman–Crippen MR) is 56.9 cm³/mol. The summed E-state index contributed by atoms with van der Waals surface area (Å²) >= 11 is 5.69. The Kier molecular flexibility index (Phi) is 2.21. The second-order valence-corrected chi connectivity index (χ2v) is 3.45. The number of nitrogens with zero attached hydrogens (tertiary/aromatic N) is 1. The lowest BCUT2D eigenvalue weighted by molar-refractivity contribution is 0.0998. The Hall–Kier alpha value is -1.81. The van der Waals surface area contributed by atoms with Gasteiger partial charge < -0.3 is 10.8 Å². The van der Waals surface area contributed by atoms with Crippen molar-refractivity contribution in [3.8, 4) is 5.75 Å². The molecule has 5 heteroatoms. The molecule has 1 heterocycles. The lowest BCUT2D eigenvalue weighted by atomic mass is 10.1. The van der Waals surface area contributed by atoms with E-state index in [-0.39, 0.29) is 11.3 Å². The van der Waals surface area contributed by atoms with Crippen molar-refractivity contribution in [3.63, 3.8) is 0 Å². The fourth-order valence-electron chi connectivity index (χ4n) is 1.33. The van der Waals surface area contributed by atoms with E-state index < -0.39 is 5.91 Å². The van der Waals surface area contributed by atoms with Crippen LogP contribution < -0.4 is 5.73 Å². The second kappa shape index (κ2) is 3.40. The van der Waals surface area contributed by atoms with Gasteiger partial charge in [0.1, 0.15) is 10.9 Å². The van der Waals surface area contributed by atoms with Crippen LogP contribution in [0.4, 0.5) is 0 Å². The molecule has 4 nitrogen and oxygen atoms in total. The number of hydrogen-bond donors (Lipinski definition) is 2. The van der Waals surface area contributed by atoms with Crippen molar-refractivity contribution in [1.29, 1.82) is 0 Å². The first-order valence-corrected chi connectivity index (χ1v) is 4.55. The van der Waals surface area contributed by atoms with E-state index >= 15 is 0 Å². The van der Waals surface area contributed by atoms with Crippen LogP contribution in [-0.2, 0) is 0 Å². The Labute approximate surface area is 90.3 Å². The second-order valence-electron chi connectivity index (χ2n) is 3.06. The zero-order valence-corrected chi connectivity index (χ0v) is 8.32. The monoisotopic (exact) mass is 222 g/mol. The van der Waals surface area contributed by atoms with Gasteiger partial charge in [0.05, 0.1) is 11.1 Å². The lowest BCUT2D eigenvalue weighted by Crippen LogP contribution is -2.11. The van der Waals surface area contributed by atoms with Crippen LogP contribution in [0.15, 0.2) is 24.3 Å². The summed E-state index contributed by atoms with van der Waals surface area (Å²) in [6, 6.07) is 6.15. The van der Waals surface area contributed by atoms with E-state index in [4.69, 9.17) is 17.3 Å². The number of rotatable bonds is 1. The van der Waals surface area contributed by atoms with Crippen LogP contribution in [0, 0.1) is 0 Å². The SMILES string of the molecule is NC(=O)c1cc2ccc(Cl)nc2cc1O. The first kappa shape index (κ1) is 9.73. The van der Waals surface area contributed by atoms with Crippen molar-refractivity contribution in [2.45, 2.75) is 0 Å². The van der Waals surface area contributed by atoms with Gasteiger partial charge in [0.15, 0.2) is 0 Å². The molecule has 1 aromatic carbocycles. The summed E-state index contributed by atoms with van der Waals surface area (Å²) in [5.41, 5.74) is 5.68. The number of halogens is 1. The molecular weight excluding hydrogens is 216 g/mol. The van der Waals surface area contributed by atoms with Crippen molar-refractivity contribution in [1.82, 2.24) is 4.98 Å². The number of benzene rings is 1. The summed E-state index contributed by atoms with van der Waals surface area (Å²) in [4.78, 5) is 14.9. The van der Waals surface area contributed by atoms with Crippen LogP contribution in [0.3, 0.4) is 0 Å². The standard InChI is InChI=1S/C10H7ClN2O2/c11-9-2-1-5-3-6(10(12)15)8(14)4-7(5)13-9/h1-4,14H,(H2,12,15). The van der Waals surface area contributed by atoms with Gasteiger partial charge >= 0.3 is 0 Å². The first-order valence-electron chi connectivity index (χ1n) is 4.17. The van der Waals surface area contributed by atoms with Crippen molar-refractivity contribution >= 4 is 28.4 Å². The Balaban J connectivity index is 2.76. The molecule has 0 spiro atoms. The maximum atomic E-state index is 10.9. The van der Waals surface area contributed by atoms with Gasteiger partial charge in [-0.2, -0.15) is 0 Å². The number of pyridine rings is 1. The van der Waals surface area contributed by atoms with Crippen molar-refractivity contribution in [2.24, 2.45) is 5.73 Å². The van der Waals surface area contributed by atoms with E-state index in [0.29, 0.717) is 16.1 Å². The third-order valence-corrected chi connectivity index (χ3v) is 2.25. The Morgan fingerprint density at radius 1 is 1.40 bits per heavy atom. The normalized spacial score (nSPS) is 10.5. The number of primary amides is 1. The predicted octanol–water partition coefficient (Wildman–Crippen LogP) is 1.69. The van der Waals surface area contributed by atoms with Gasteiger partial charge in [-0.1, -0.05) is 11.6 Å². The van der Waals surface area contributed by atoms with Gasteiger partial charge in [-0.25, -0.2) is 4.98 Å². The zero-order chi connectivity index (χ0) is 11.0. The number of aromatic hydroxyl groups is 1. The van der Waals surface area contributed by atoms with Crippen LogP contribution in [-0.4, -0.2) is 16.0 Å². The molecule has 15 heavy (non-hydrogen) atoms. The number of amides is 1. The summed E-state index contributed by atoms with van der Waals surface area (Å²) in [7, 11) is 0. The highest BCUT2D eigenvalue weighted by molar-refractivity contribution is 6.29. The van der Waals surface area contributed by atoms with E-state index in [9.17, 15) is 9.90 Å². The summed E-state index contributed by atoms with van der Waals surface area (Å²) in [5.74, 6) is -0.867. The van der Waals surface area contributed by atoms with E-state index in [1.165, 1.54) is 12.1 Å². The summed E-state index contributed by atoms with van der Waals surface area (Å²) in [5, 5.41) is 10.5. The first-order chi connectivity index (χ1) is 7.08. The fraction of sp³-hybridized carbons (Fsp3) is 0. The minimum absolute atomic E-state index is 0.0756. The molecule has 2 aromatic rings. The Morgan fingerprint density at radius 2 is 2.13 bits per heavy atom. The molecule has 0 atom stereocenters. The highest BCUT2D eigenvalue weighted by Gasteiger charge is 2.09. The zero-order valence-electron chi connectivity index (χ0n) is 7.57. The van der Waals surface area contributed by atoms with Gasteiger partial charge in [-0.15, -0.1) is 0 Å². The third-order valence-electron chi connectivity index (χ3n) is 2.04. The average Bonchev–Trinajstić information content (AvgIpc) is 2.15. The Morgan fingerprint density at radius 3 is 2.80 bits per heavy atom. The molecule has 0 aliphatic carbocycles. The maximum Gasteiger partial charge on any atom is 0.252 e. The molecule has 0 radical (unpaired) electrons. The number of fused-ring (bicyclic) bond motifs is 1. The molecule has 0 saturated carbocycles. The molecule has 76 valence electrons. The molecule has 0 aliphatic rings. The Bertz CT molecular complexity index is 554. The van der Waals surface area contributed by atoms with Gasteiger partial charge in [0, 0.05) is 11.5 Å².